The fraction of sp³-hybridized carbons (Fsp3) is 0.217. The summed E-state index contributed by atoms with van der Waals surface area (Å²) >= 11 is 0. The van der Waals surface area contributed by atoms with Gasteiger partial charge in [0.2, 0.25) is 5.89 Å². The van der Waals surface area contributed by atoms with E-state index in [-0.39, 0.29) is 34.3 Å². The molecule has 0 bridgehead atoms. The SMILES string of the molecule is CCOC(=O)CCCc1ccc2c(N)c(-c3nc4ccc(C(=O)O)cc4o3)c(=O)oc2c1. The Bertz CT molecular complexity index is 1400. The van der Waals surface area contributed by atoms with Gasteiger partial charge < -0.3 is 24.4 Å². The first kappa shape index (κ1) is 21.1. The molecule has 0 saturated carbocycles. The van der Waals surface area contributed by atoms with Crippen molar-refractivity contribution in [2.24, 2.45) is 0 Å². The van der Waals surface area contributed by atoms with Crippen LogP contribution in [-0.4, -0.2) is 28.6 Å². The monoisotopic (exact) mass is 436 g/mol. The topological polar surface area (TPSA) is 146 Å². The number of benzene rings is 2. The predicted octanol–water partition coefficient (Wildman–Crippen LogP) is 3.77. The van der Waals surface area contributed by atoms with Crippen molar-refractivity contribution in [1.82, 2.24) is 4.98 Å². The third-order valence-corrected chi connectivity index (χ3v) is 5.01. The van der Waals surface area contributed by atoms with Gasteiger partial charge in [-0.25, -0.2) is 14.6 Å². The summed E-state index contributed by atoms with van der Waals surface area (Å²) in [5, 5.41) is 9.65. The maximum absolute atomic E-state index is 12.7. The van der Waals surface area contributed by atoms with Crippen LogP contribution in [0.1, 0.15) is 35.7 Å². The van der Waals surface area contributed by atoms with Crippen molar-refractivity contribution in [3.05, 3.63) is 57.9 Å². The van der Waals surface area contributed by atoms with Crippen LogP contribution in [0, 0.1) is 0 Å². The second-order valence-electron chi connectivity index (χ2n) is 7.17. The lowest BCUT2D eigenvalue weighted by atomic mass is 10.0. The first-order valence-corrected chi connectivity index (χ1v) is 10.0. The van der Waals surface area contributed by atoms with Crippen molar-refractivity contribution in [3.63, 3.8) is 0 Å². The number of hydrogen-bond acceptors (Lipinski definition) is 8. The standard InChI is InChI=1S/C23H20N2O7/c1-2-30-18(26)5-3-4-12-6-8-14-16(10-12)32-23(29)19(20(14)24)21-25-15-9-7-13(22(27)28)11-17(15)31-21/h6-11H,2-5,24H2,1H3,(H,27,28). The Balaban J connectivity index is 1.66. The van der Waals surface area contributed by atoms with Crippen LogP contribution in [0.4, 0.5) is 5.69 Å². The Morgan fingerprint density at radius 1 is 1.12 bits per heavy atom. The number of oxazole rings is 1. The lowest BCUT2D eigenvalue weighted by Gasteiger charge is -2.07. The van der Waals surface area contributed by atoms with Crippen molar-refractivity contribution in [3.8, 4) is 11.5 Å². The molecule has 9 nitrogen and oxygen atoms in total. The number of aromatic carboxylic acids is 1. The van der Waals surface area contributed by atoms with Gasteiger partial charge in [-0.1, -0.05) is 6.07 Å². The van der Waals surface area contributed by atoms with E-state index in [2.05, 4.69) is 4.98 Å². The number of nitrogens with two attached hydrogens (primary N) is 1. The number of anilines is 1. The number of carbonyl (C=O) groups excluding carboxylic acids is 1. The smallest absolute Gasteiger partial charge is 0.351 e. The average molecular weight is 436 g/mol. The molecule has 0 aliphatic heterocycles. The number of esters is 1. The Morgan fingerprint density at radius 2 is 1.94 bits per heavy atom. The van der Waals surface area contributed by atoms with Crippen LogP contribution in [0.2, 0.25) is 0 Å². The molecular formula is C23H20N2O7. The van der Waals surface area contributed by atoms with E-state index in [9.17, 15) is 14.4 Å². The van der Waals surface area contributed by atoms with Gasteiger partial charge in [0.05, 0.1) is 17.9 Å². The molecule has 4 rings (SSSR count). The molecule has 3 N–H and O–H groups in total. The molecule has 0 saturated heterocycles. The average Bonchev–Trinajstić information content (AvgIpc) is 3.16. The summed E-state index contributed by atoms with van der Waals surface area (Å²) in [6, 6.07) is 9.52. The molecule has 0 fully saturated rings. The van der Waals surface area contributed by atoms with Crippen LogP contribution in [-0.2, 0) is 16.0 Å². The van der Waals surface area contributed by atoms with Gasteiger partial charge in [0.15, 0.2) is 5.58 Å². The number of hydrogen-bond donors (Lipinski definition) is 2. The van der Waals surface area contributed by atoms with Gasteiger partial charge in [0.25, 0.3) is 0 Å². The molecule has 164 valence electrons. The molecule has 0 spiro atoms. The zero-order chi connectivity index (χ0) is 22.8. The second kappa shape index (κ2) is 8.54. The van der Waals surface area contributed by atoms with Crippen LogP contribution < -0.4 is 11.4 Å². The number of nitrogen functional groups attached to an aromatic ring is 1. The number of nitrogens with zero attached hydrogens (tertiary/aromatic N) is 1. The van der Waals surface area contributed by atoms with Crippen molar-refractivity contribution < 1.29 is 28.3 Å². The van der Waals surface area contributed by atoms with E-state index in [0.717, 1.165) is 5.56 Å². The number of aromatic nitrogens is 1. The quantitative estimate of drug-likeness (QED) is 0.326. The Hall–Kier alpha value is -4.14. The highest BCUT2D eigenvalue weighted by Crippen LogP contribution is 2.32. The minimum atomic E-state index is -1.10. The van der Waals surface area contributed by atoms with Crippen LogP contribution in [0.25, 0.3) is 33.5 Å². The zero-order valence-electron chi connectivity index (χ0n) is 17.2. The van der Waals surface area contributed by atoms with Gasteiger partial charge in [0.1, 0.15) is 16.7 Å². The van der Waals surface area contributed by atoms with E-state index in [1.165, 1.54) is 18.2 Å². The second-order valence-corrected chi connectivity index (χ2v) is 7.17. The molecule has 2 aromatic heterocycles. The van der Waals surface area contributed by atoms with Gasteiger partial charge in [0, 0.05) is 11.8 Å². The number of rotatable bonds is 7. The molecular weight excluding hydrogens is 416 g/mol. The Kier molecular flexibility index (Phi) is 5.63. The zero-order valence-corrected chi connectivity index (χ0v) is 17.2. The van der Waals surface area contributed by atoms with Crippen LogP contribution in [0.5, 0.6) is 0 Å². The van der Waals surface area contributed by atoms with E-state index < -0.39 is 11.6 Å². The van der Waals surface area contributed by atoms with Crippen molar-refractivity contribution >= 4 is 39.7 Å². The Morgan fingerprint density at radius 3 is 2.69 bits per heavy atom. The summed E-state index contributed by atoms with van der Waals surface area (Å²) < 4.78 is 16.0. The maximum Gasteiger partial charge on any atom is 0.351 e. The number of fused-ring (bicyclic) bond motifs is 2. The van der Waals surface area contributed by atoms with E-state index in [0.29, 0.717) is 42.4 Å². The molecule has 0 radical (unpaired) electrons. The molecule has 0 amide bonds. The van der Waals surface area contributed by atoms with Gasteiger partial charge >= 0.3 is 17.6 Å². The first-order chi connectivity index (χ1) is 15.4. The lowest BCUT2D eigenvalue weighted by Crippen LogP contribution is -2.08. The summed E-state index contributed by atoms with van der Waals surface area (Å²) in [5.74, 6) is -1.40. The number of ether oxygens (including phenoxy) is 1. The van der Waals surface area contributed by atoms with Crippen molar-refractivity contribution in [1.29, 1.82) is 0 Å². The van der Waals surface area contributed by atoms with E-state index in [1.807, 2.05) is 6.07 Å². The van der Waals surface area contributed by atoms with Crippen LogP contribution >= 0.6 is 0 Å². The summed E-state index contributed by atoms with van der Waals surface area (Å²) in [5.41, 5.74) is 7.51. The van der Waals surface area contributed by atoms with E-state index >= 15 is 0 Å². The first-order valence-electron chi connectivity index (χ1n) is 10.0. The molecule has 4 aromatic rings. The van der Waals surface area contributed by atoms with Gasteiger partial charge in [-0.15, -0.1) is 0 Å². The number of aryl methyl sites for hydroxylation is 1. The minimum absolute atomic E-state index is 0.0272. The molecule has 0 aliphatic carbocycles. The summed E-state index contributed by atoms with van der Waals surface area (Å²) in [6.45, 7) is 2.11. The molecule has 2 aromatic carbocycles. The van der Waals surface area contributed by atoms with Crippen molar-refractivity contribution in [2.75, 3.05) is 12.3 Å². The number of carboxylic acids is 1. The molecule has 32 heavy (non-hydrogen) atoms. The van der Waals surface area contributed by atoms with Gasteiger partial charge in [-0.05, 0) is 55.7 Å². The fourth-order valence-electron chi connectivity index (χ4n) is 3.46. The fourth-order valence-corrected chi connectivity index (χ4v) is 3.46. The number of carbonyl (C=O) groups is 2. The maximum atomic E-state index is 12.7. The lowest BCUT2D eigenvalue weighted by molar-refractivity contribution is -0.143. The molecule has 9 heteroatoms. The van der Waals surface area contributed by atoms with E-state index in [4.69, 9.17) is 24.4 Å². The Labute approximate surface area is 181 Å². The van der Waals surface area contributed by atoms with Crippen LogP contribution in [0.3, 0.4) is 0 Å². The number of carboxylic acid groups (broad SMARTS) is 1. The summed E-state index contributed by atoms with van der Waals surface area (Å²) in [4.78, 5) is 39.6. The molecule has 2 heterocycles. The molecule has 0 unspecified atom stereocenters. The summed E-state index contributed by atoms with van der Waals surface area (Å²) in [6.07, 6.45) is 1.51. The van der Waals surface area contributed by atoms with Crippen LogP contribution in [0.15, 0.2) is 50.0 Å². The normalized spacial score (nSPS) is 11.2. The highest BCUT2D eigenvalue weighted by atomic mass is 16.5. The minimum Gasteiger partial charge on any atom is -0.478 e. The highest BCUT2D eigenvalue weighted by Gasteiger charge is 2.20. The molecule has 0 atom stereocenters. The summed E-state index contributed by atoms with van der Waals surface area (Å²) in [7, 11) is 0. The van der Waals surface area contributed by atoms with Crippen molar-refractivity contribution in [2.45, 2.75) is 26.2 Å². The largest absolute Gasteiger partial charge is 0.478 e. The van der Waals surface area contributed by atoms with Gasteiger partial charge in [-0.3, -0.25) is 4.79 Å². The third kappa shape index (κ3) is 4.04. The van der Waals surface area contributed by atoms with E-state index in [1.54, 1.807) is 19.1 Å². The predicted molar refractivity (Wildman–Crippen MR) is 116 cm³/mol. The molecule has 0 aliphatic rings. The highest BCUT2D eigenvalue weighted by molar-refractivity contribution is 5.97. The third-order valence-electron chi connectivity index (χ3n) is 5.01. The van der Waals surface area contributed by atoms with Gasteiger partial charge in [-0.2, -0.15) is 0 Å².